The lowest BCUT2D eigenvalue weighted by molar-refractivity contribution is -0.274. The number of nitrogens with one attached hydrogen (secondary N) is 3. The number of hydrogen-bond donors (Lipinski definition) is 3. The summed E-state index contributed by atoms with van der Waals surface area (Å²) in [5.74, 6) is -0.266. The van der Waals surface area contributed by atoms with Gasteiger partial charge in [-0.3, -0.25) is 19.9 Å². The molecule has 0 unspecified atom stereocenters. The van der Waals surface area contributed by atoms with E-state index in [0.717, 1.165) is 43.0 Å². The Kier molecular flexibility index (Phi) is 8.31. The van der Waals surface area contributed by atoms with Gasteiger partial charge in [-0.05, 0) is 73.4 Å². The molecule has 2 amide bonds. The van der Waals surface area contributed by atoms with E-state index < -0.39 is 17.5 Å². The Labute approximate surface area is 232 Å². The molecule has 13 heteroatoms. The molecule has 3 heterocycles. The maximum atomic E-state index is 12.7. The summed E-state index contributed by atoms with van der Waals surface area (Å²) in [6.07, 6.45) is 3.60. The van der Waals surface area contributed by atoms with Crippen LogP contribution in [0, 0.1) is 0 Å². The largest absolute Gasteiger partial charge is 0.573 e. The van der Waals surface area contributed by atoms with Gasteiger partial charge in [-0.25, -0.2) is 9.97 Å². The smallest absolute Gasteiger partial charge is 0.406 e. The van der Waals surface area contributed by atoms with E-state index in [1.165, 1.54) is 18.2 Å². The summed E-state index contributed by atoms with van der Waals surface area (Å²) >= 11 is 0.838. The van der Waals surface area contributed by atoms with Crippen molar-refractivity contribution in [3.63, 3.8) is 0 Å². The van der Waals surface area contributed by atoms with Crippen LogP contribution in [0.25, 0.3) is 17.3 Å². The van der Waals surface area contributed by atoms with E-state index in [9.17, 15) is 22.8 Å². The molecule has 2 fully saturated rings. The SMILES string of the molecule is O=C1NC(=O)/C(=C/c2ccnc(N[C@H]3CC[C@H](NCc4cccnc4-c4cccc(OC(F)(F)F)c4)CC3)n2)S1. The Morgan fingerprint density at radius 1 is 1.02 bits per heavy atom. The zero-order valence-electron chi connectivity index (χ0n) is 21.1. The van der Waals surface area contributed by atoms with Gasteiger partial charge >= 0.3 is 6.36 Å². The Morgan fingerprint density at radius 3 is 2.58 bits per heavy atom. The quantitative estimate of drug-likeness (QED) is 0.311. The molecule has 0 spiro atoms. The number of alkyl halides is 3. The number of imide groups is 1. The second kappa shape index (κ2) is 12.0. The molecule has 9 nitrogen and oxygen atoms in total. The van der Waals surface area contributed by atoms with Gasteiger partial charge in [0.05, 0.1) is 16.3 Å². The van der Waals surface area contributed by atoms with Crippen molar-refractivity contribution in [3.05, 3.63) is 71.0 Å². The molecule has 40 heavy (non-hydrogen) atoms. The number of rotatable bonds is 8. The van der Waals surface area contributed by atoms with Crippen LogP contribution in [-0.4, -0.2) is 44.5 Å². The molecule has 1 aliphatic heterocycles. The second-order valence-electron chi connectivity index (χ2n) is 9.32. The third kappa shape index (κ3) is 7.36. The van der Waals surface area contributed by atoms with E-state index in [-0.39, 0.29) is 17.8 Å². The summed E-state index contributed by atoms with van der Waals surface area (Å²) in [6.45, 7) is 0.518. The van der Waals surface area contributed by atoms with Crippen LogP contribution >= 0.6 is 11.8 Å². The van der Waals surface area contributed by atoms with Crippen LogP contribution in [0.5, 0.6) is 5.75 Å². The maximum absolute atomic E-state index is 12.7. The van der Waals surface area contributed by atoms with E-state index >= 15 is 0 Å². The minimum atomic E-state index is -4.76. The molecular weight excluding hydrogens is 545 g/mol. The van der Waals surface area contributed by atoms with Crippen LogP contribution in [0.3, 0.4) is 0 Å². The van der Waals surface area contributed by atoms with E-state index in [2.05, 4.69) is 35.6 Å². The van der Waals surface area contributed by atoms with Crippen molar-refractivity contribution in [2.24, 2.45) is 0 Å². The number of aromatic nitrogens is 3. The third-order valence-electron chi connectivity index (χ3n) is 6.47. The zero-order chi connectivity index (χ0) is 28.1. The van der Waals surface area contributed by atoms with Crippen LogP contribution in [0.1, 0.15) is 36.9 Å². The van der Waals surface area contributed by atoms with Gasteiger partial charge in [-0.15, -0.1) is 13.2 Å². The third-order valence-corrected chi connectivity index (χ3v) is 7.28. The predicted molar refractivity (Wildman–Crippen MR) is 144 cm³/mol. The Balaban J connectivity index is 1.15. The first kappa shape index (κ1) is 27.6. The number of ether oxygens (including phenoxy) is 1. The minimum absolute atomic E-state index is 0.178. The molecule has 208 valence electrons. The number of amides is 2. The van der Waals surface area contributed by atoms with Crippen molar-refractivity contribution in [1.82, 2.24) is 25.6 Å². The molecule has 0 atom stereocenters. The van der Waals surface area contributed by atoms with Gasteiger partial charge in [-0.2, -0.15) is 0 Å². The van der Waals surface area contributed by atoms with Gasteiger partial charge in [0, 0.05) is 36.6 Å². The summed E-state index contributed by atoms with van der Waals surface area (Å²) < 4.78 is 42.1. The predicted octanol–water partition coefficient (Wildman–Crippen LogP) is 5.27. The molecule has 2 aliphatic rings. The fourth-order valence-electron chi connectivity index (χ4n) is 4.64. The van der Waals surface area contributed by atoms with Gasteiger partial charge < -0.3 is 15.4 Å². The highest BCUT2D eigenvalue weighted by Crippen LogP contribution is 2.29. The van der Waals surface area contributed by atoms with Crippen LogP contribution in [0.15, 0.2) is 59.8 Å². The molecule has 0 bridgehead atoms. The highest BCUT2D eigenvalue weighted by molar-refractivity contribution is 8.18. The summed E-state index contributed by atoms with van der Waals surface area (Å²) in [5.41, 5.74) is 2.55. The number of hydrogen-bond acceptors (Lipinski definition) is 9. The summed E-state index contributed by atoms with van der Waals surface area (Å²) in [7, 11) is 0. The van der Waals surface area contributed by atoms with Crippen molar-refractivity contribution < 1.29 is 27.5 Å². The van der Waals surface area contributed by atoms with E-state index in [4.69, 9.17) is 0 Å². The van der Waals surface area contributed by atoms with Crippen LogP contribution in [-0.2, 0) is 11.3 Å². The molecule has 0 radical (unpaired) electrons. The molecule has 2 aromatic heterocycles. The first-order valence-corrected chi connectivity index (χ1v) is 13.4. The van der Waals surface area contributed by atoms with Crippen molar-refractivity contribution in [3.8, 4) is 17.0 Å². The number of benzene rings is 1. The Hall–Kier alpha value is -3.97. The fourth-order valence-corrected chi connectivity index (χ4v) is 5.31. The molecule has 1 saturated carbocycles. The van der Waals surface area contributed by atoms with E-state index in [1.807, 2.05) is 6.07 Å². The number of halogens is 3. The van der Waals surface area contributed by atoms with Gasteiger partial charge in [0.15, 0.2) is 0 Å². The summed E-state index contributed by atoms with van der Waals surface area (Å²) in [4.78, 5) is 36.6. The van der Waals surface area contributed by atoms with Crippen molar-refractivity contribution in [2.75, 3.05) is 5.32 Å². The molecule has 1 aromatic carbocycles. The average Bonchev–Trinajstić information content (AvgIpc) is 3.24. The molecular formula is C27H25F3N6O3S. The lowest BCUT2D eigenvalue weighted by Crippen LogP contribution is -2.37. The van der Waals surface area contributed by atoms with Crippen molar-refractivity contribution in [1.29, 1.82) is 0 Å². The Bertz CT molecular complexity index is 1430. The second-order valence-corrected chi connectivity index (χ2v) is 10.3. The number of nitrogens with zero attached hydrogens (tertiary/aromatic N) is 3. The molecule has 3 N–H and O–H groups in total. The molecule has 5 rings (SSSR count). The van der Waals surface area contributed by atoms with Gasteiger partial charge in [0.2, 0.25) is 5.95 Å². The number of pyridine rings is 1. The lowest BCUT2D eigenvalue weighted by atomic mass is 9.91. The lowest BCUT2D eigenvalue weighted by Gasteiger charge is -2.30. The van der Waals surface area contributed by atoms with Gasteiger partial charge in [0.1, 0.15) is 5.75 Å². The molecule has 1 saturated heterocycles. The first-order valence-electron chi connectivity index (χ1n) is 12.6. The van der Waals surface area contributed by atoms with E-state index in [0.29, 0.717) is 34.3 Å². The maximum Gasteiger partial charge on any atom is 0.573 e. The number of thioether (sulfide) groups is 1. The monoisotopic (exact) mass is 570 g/mol. The van der Waals surface area contributed by atoms with Gasteiger partial charge in [-0.1, -0.05) is 18.2 Å². The van der Waals surface area contributed by atoms with Crippen LogP contribution < -0.4 is 20.7 Å². The fraction of sp³-hybridized carbons (Fsp3) is 0.296. The molecule has 3 aromatic rings. The highest BCUT2D eigenvalue weighted by atomic mass is 32.2. The standard InChI is InChI=1S/C27H25F3N6O3S/c28-27(29,30)39-21-5-1-3-16(13-21)23-17(4-2-11-31-23)15-33-18-6-8-19(9-7-18)34-25-32-12-10-20(35-25)14-22-24(37)36-26(38)40-22/h1-5,10-14,18-19,33H,6-9,15H2,(H,32,34,35)(H,36,37,38)/b22-14-/t18-,19-. The van der Waals surface area contributed by atoms with Crippen molar-refractivity contribution >= 4 is 34.9 Å². The van der Waals surface area contributed by atoms with Crippen LogP contribution in [0.4, 0.5) is 23.9 Å². The average molecular weight is 571 g/mol. The number of carbonyl (C=O) groups excluding carboxylic acids is 2. The van der Waals surface area contributed by atoms with Crippen LogP contribution in [0.2, 0.25) is 0 Å². The highest BCUT2D eigenvalue weighted by Gasteiger charge is 2.31. The first-order chi connectivity index (χ1) is 19.2. The van der Waals surface area contributed by atoms with E-state index in [1.54, 1.807) is 36.7 Å². The molecule has 1 aliphatic carbocycles. The number of anilines is 1. The normalized spacial score (nSPS) is 20.4. The van der Waals surface area contributed by atoms with Crippen molar-refractivity contribution in [2.45, 2.75) is 50.7 Å². The van der Waals surface area contributed by atoms with Gasteiger partial charge in [0.25, 0.3) is 11.1 Å². The summed E-state index contributed by atoms with van der Waals surface area (Å²) in [6, 6.07) is 11.6. The zero-order valence-corrected chi connectivity index (χ0v) is 21.9. The number of carbonyl (C=O) groups is 2. The Morgan fingerprint density at radius 2 is 1.82 bits per heavy atom. The topological polar surface area (TPSA) is 118 Å². The summed E-state index contributed by atoms with van der Waals surface area (Å²) in [5, 5.41) is 8.73. The minimum Gasteiger partial charge on any atom is -0.406 e.